The van der Waals surface area contributed by atoms with E-state index < -0.39 is 6.04 Å². The van der Waals surface area contributed by atoms with Gasteiger partial charge in [0.15, 0.2) is 16.9 Å². The number of hydrogen-bond donors (Lipinski definition) is 1. The fourth-order valence-corrected chi connectivity index (χ4v) is 4.13. The first-order valence-electron chi connectivity index (χ1n) is 10.7. The molecule has 0 fully saturated rings. The summed E-state index contributed by atoms with van der Waals surface area (Å²) in [5.41, 5.74) is 3.20. The van der Waals surface area contributed by atoms with Crippen LogP contribution in [0.3, 0.4) is 0 Å². The highest BCUT2D eigenvalue weighted by molar-refractivity contribution is 5.99. The number of phenols is 1. The van der Waals surface area contributed by atoms with Crippen LogP contribution < -0.4 is 10.2 Å². The molecule has 7 heteroatoms. The second kappa shape index (κ2) is 8.31. The Balaban J connectivity index is 1.95. The van der Waals surface area contributed by atoms with E-state index in [1.54, 1.807) is 17.0 Å². The Morgan fingerprint density at radius 2 is 1.84 bits per heavy atom. The standard InChI is InChI=1S/C25H28N2O5/c1-6-31-20-13-16(7-8-18(20)28)22-21-23(29)17-11-14(2)15(3)12-19(17)32-24(21)25(30)27(22)10-9-26(4)5/h7-8,11-13,22,28H,6,9-10H2,1-5H3. The van der Waals surface area contributed by atoms with Crippen LogP contribution in [-0.2, 0) is 0 Å². The molecule has 4 rings (SSSR count). The van der Waals surface area contributed by atoms with E-state index in [2.05, 4.69) is 0 Å². The van der Waals surface area contributed by atoms with Crippen LogP contribution in [0.4, 0.5) is 0 Å². The molecule has 1 aromatic heterocycles. The summed E-state index contributed by atoms with van der Waals surface area (Å²) in [7, 11) is 3.86. The van der Waals surface area contributed by atoms with Gasteiger partial charge in [-0.05, 0) is 75.8 Å². The molecule has 1 aliphatic heterocycles. The summed E-state index contributed by atoms with van der Waals surface area (Å²) in [5.74, 6) is 0.0994. The van der Waals surface area contributed by atoms with Crippen LogP contribution in [0.25, 0.3) is 11.0 Å². The zero-order valence-corrected chi connectivity index (χ0v) is 19.1. The lowest BCUT2D eigenvalue weighted by atomic mass is 9.97. The third-order valence-electron chi connectivity index (χ3n) is 5.97. The van der Waals surface area contributed by atoms with Gasteiger partial charge in [0.25, 0.3) is 5.91 Å². The predicted molar refractivity (Wildman–Crippen MR) is 123 cm³/mol. The molecule has 2 heterocycles. The number of carbonyl (C=O) groups excluding carboxylic acids is 1. The SMILES string of the molecule is CCOc1cc(C2c3c(oc4cc(C)c(C)cc4c3=O)C(=O)N2CCN(C)C)ccc1O. The van der Waals surface area contributed by atoms with Crippen molar-refractivity contribution >= 4 is 16.9 Å². The second-order valence-electron chi connectivity index (χ2n) is 8.47. The largest absolute Gasteiger partial charge is 0.504 e. The summed E-state index contributed by atoms with van der Waals surface area (Å²) in [4.78, 5) is 30.7. The first-order valence-corrected chi connectivity index (χ1v) is 10.7. The van der Waals surface area contributed by atoms with Gasteiger partial charge in [0, 0.05) is 13.1 Å². The number of phenolic OH excluding ortho intramolecular Hbond substituents is 1. The number of benzene rings is 2. The molecule has 1 atom stereocenters. The van der Waals surface area contributed by atoms with E-state index >= 15 is 0 Å². The van der Waals surface area contributed by atoms with Crippen LogP contribution in [0.5, 0.6) is 11.5 Å². The number of amides is 1. The lowest BCUT2D eigenvalue weighted by Crippen LogP contribution is -2.35. The minimum atomic E-state index is -0.625. The Labute approximate surface area is 186 Å². The van der Waals surface area contributed by atoms with Crippen molar-refractivity contribution in [3.8, 4) is 11.5 Å². The zero-order valence-electron chi connectivity index (χ0n) is 19.1. The van der Waals surface area contributed by atoms with Crippen molar-refractivity contribution in [2.45, 2.75) is 26.8 Å². The molecule has 0 spiro atoms. The first kappa shape index (κ1) is 21.9. The second-order valence-corrected chi connectivity index (χ2v) is 8.47. The molecule has 0 radical (unpaired) electrons. The molecule has 0 saturated heterocycles. The van der Waals surface area contributed by atoms with Crippen LogP contribution in [0.15, 0.2) is 39.5 Å². The normalized spacial score (nSPS) is 15.6. The highest BCUT2D eigenvalue weighted by Gasteiger charge is 2.42. The Morgan fingerprint density at radius 3 is 2.53 bits per heavy atom. The van der Waals surface area contributed by atoms with E-state index in [0.29, 0.717) is 47.5 Å². The van der Waals surface area contributed by atoms with Crippen LogP contribution >= 0.6 is 0 Å². The van der Waals surface area contributed by atoms with Crippen molar-refractivity contribution in [1.29, 1.82) is 0 Å². The third-order valence-corrected chi connectivity index (χ3v) is 5.97. The van der Waals surface area contributed by atoms with Crippen LogP contribution in [0, 0.1) is 13.8 Å². The number of aryl methyl sites for hydroxylation is 2. The van der Waals surface area contributed by atoms with Gasteiger partial charge in [0.1, 0.15) is 5.58 Å². The highest BCUT2D eigenvalue weighted by atomic mass is 16.5. The minimum Gasteiger partial charge on any atom is -0.504 e. The Bertz CT molecular complexity index is 1260. The lowest BCUT2D eigenvalue weighted by molar-refractivity contribution is 0.0716. The van der Waals surface area contributed by atoms with Gasteiger partial charge in [-0.2, -0.15) is 0 Å². The average Bonchev–Trinajstić information content (AvgIpc) is 3.02. The topological polar surface area (TPSA) is 83.2 Å². The number of likely N-dealkylation sites (N-methyl/N-ethyl adjacent to an activating group) is 1. The summed E-state index contributed by atoms with van der Waals surface area (Å²) in [5, 5.41) is 10.6. The van der Waals surface area contributed by atoms with E-state index in [0.717, 1.165) is 11.1 Å². The van der Waals surface area contributed by atoms with E-state index in [4.69, 9.17) is 9.15 Å². The number of hydrogen-bond acceptors (Lipinski definition) is 6. The summed E-state index contributed by atoms with van der Waals surface area (Å²) >= 11 is 0. The Hall–Kier alpha value is -3.32. The van der Waals surface area contributed by atoms with Gasteiger partial charge in [-0.25, -0.2) is 0 Å². The predicted octanol–water partition coefficient (Wildman–Crippen LogP) is 3.62. The molecule has 1 amide bonds. The highest BCUT2D eigenvalue weighted by Crippen LogP contribution is 2.40. The number of fused-ring (bicyclic) bond motifs is 2. The van der Waals surface area contributed by atoms with Crippen molar-refractivity contribution in [2.75, 3.05) is 33.8 Å². The molecular formula is C25H28N2O5. The van der Waals surface area contributed by atoms with Crippen LogP contribution in [0.2, 0.25) is 0 Å². The number of aromatic hydroxyl groups is 1. The van der Waals surface area contributed by atoms with Crippen molar-refractivity contribution < 1.29 is 19.1 Å². The lowest BCUT2D eigenvalue weighted by Gasteiger charge is -2.26. The van der Waals surface area contributed by atoms with Gasteiger partial charge in [0.05, 0.1) is 23.6 Å². The third kappa shape index (κ3) is 3.62. The van der Waals surface area contributed by atoms with Crippen molar-refractivity contribution in [2.24, 2.45) is 0 Å². The first-order chi connectivity index (χ1) is 15.2. The summed E-state index contributed by atoms with van der Waals surface area (Å²) < 4.78 is 11.6. The fourth-order valence-electron chi connectivity index (χ4n) is 4.13. The maximum absolute atomic E-state index is 13.6. The molecule has 0 bridgehead atoms. The molecule has 1 aliphatic rings. The Morgan fingerprint density at radius 1 is 1.12 bits per heavy atom. The van der Waals surface area contributed by atoms with Crippen molar-refractivity contribution in [1.82, 2.24) is 9.80 Å². The molecule has 32 heavy (non-hydrogen) atoms. The monoisotopic (exact) mass is 436 g/mol. The molecule has 168 valence electrons. The molecular weight excluding hydrogens is 408 g/mol. The van der Waals surface area contributed by atoms with Crippen LogP contribution in [-0.4, -0.2) is 54.6 Å². The fraction of sp³-hybridized carbons (Fsp3) is 0.360. The summed E-state index contributed by atoms with van der Waals surface area (Å²) in [6.45, 7) is 7.14. The van der Waals surface area contributed by atoms with E-state index in [1.807, 2.05) is 51.9 Å². The van der Waals surface area contributed by atoms with Crippen molar-refractivity contribution in [3.63, 3.8) is 0 Å². The van der Waals surface area contributed by atoms with Gasteiger partial charge in [-0.1, -0.05) is 6.07 Å². The van der Waals surface area contributed by atoms with Crippen molar-refractivity contribution in [3.05, 3.63) is 68.6 Å². The minimum absolute atomic E-state index is 0.0108. The summed E-state index contributed by atoms with van der Waals surface area (Å²) in [6, 6.07) is 7.95. The average molecular weight is 437 g/mol. The number of ether oxygens (including phenoxy) is 1. The maximum atomic E-state index is 13.6. The van der Waals surface area contributed by atoms with Gasteiger partial charge >= 0.3 is 0 Å². The van der Waals surface area contributed by atoms with Gasteiger partial charge in [0.2, 0.25) is 5.76 Å². The van der Waals surface area contributed by atoms with Gasteiger partial charge in [-0.3, -0.25) is 9.59 Å². The quantitative estimate of drug-likeness (QED) is 0.636. The number of rotatable bonds is 6. The molecule has 0 saturated carbocycles. The van der Waals surface area contributed by atoms with E-state index in [1.165, 1.54) is 6.07 Å². The molecule has 2 aromatic carbocycles. The van der Waals surface area contributed by atoms with Gasteiger partial charge < -0.3 is 24.1 Å². The van der Waals surface area contributed by atoms with E-state index in [9.17, 15) is 14.7 Å². The number of nitrogens with zero attached hydrogens (tertiary/aromatic N) is 2. The maximum Gasteiger partial charge on any atom is 0.290 e. The van der Waals surface area contributed by atoms with E-state index in [-0.39, 0.29) is 22.8 Å². The summed E-state index contributed by atoms with van der Waals surface area (Å²) in [6.07, 6.45) is 0. The molecule has 0 aliphatic carbocycles. The molecule has 7 nitrogen and oxygen atoms in total. The van der Waals surface area contributed by atoms with Gasteiger partial charge in [-0.15, -0.1) is 0 Å². The van der Waals surface area contributed by atoms with Crippen LogP contribution in [0.1, 0.15) is 45.8 Å². The molecule has 3 aromatic rings. The molecule has 1 unspecified atom stereocenters. The number of carbonyl (C=O) groups is 1. The molecule has 1 N–H and O–H groups in total. The zero-order chi connectivity index (χ0) is 23.2. The smallest absolute Gasteiger partial charge is 0.290 e. The Kier molecular flexibility index (Phi) is 5.69.